The van der Waals surface area contributed by atoms with Crippen molar-refractivity contribution in [1.82, 2.24) is 25.1 Å². The zero-order valence-electron chi connectivity index (χ0n) is 13.1. The van der Waals surface area contributed by atoms with Gasteiger partial charge in [-0.15, -0.1) is 0 Å². The van der Waals surface area contributed by atoms with Crippen LogP contribution in [0, 0.1) is 6.92 Å². The Morgan fingerprint density at radius 1 is 1.52 bits per heavy atom. The van der Waals surface area contributed by atoms with Crippen LogP contribution >= 0.6 is 0 Å². The van der Waals surface area contributed by atoms with Crippen LogP contribution in [0.1, 0.15) is 24.1 Å². The van der Waals surface area contributed by atoms with Crippen molar-refractivity contribution >= 4 is 5.91 Å². The van der Waals surface area contributed by atoms with Gasteiger partial charge in [0.05, 0.1) is 18.3 Å². The molecule has 3 heterocycles. The Balaban J connectivity index is 1.69. The number of H-pyrrole nitrogens is 1. The minimum absolute atomic E-state index is 0.0267. The highest BCUT2D eigenvalue weighted by Crippen LogP contribution is 2.31. The zero-order chi connectivity index (χ0) is 16.2. The van der Waals surface area contributed by atoms with Crippen LogP contribution in [0.25, 0.3) is 0 Å². The normalized spacial score (nSPS) is 20.7. The van der Waals surface area contributed by atoms with Gasteiger partial charge in [-0.25, -0.2) is 4.98 Å². The number of rotatable bonds is 5. The van der Waals surface area contributed by atoms with E-state index >= 15 is 0 Å². The van der Waals surface area contributed by atoms with Crippen LogP contribution in [0.15, 0.2) is 24.5 Å². The first-order valence-electron chi connectivity index (χ1n) is 7.41. The number of ether oxygens (including phenoxy) is 2. The molecule has 1 saturated heterocycles. The SMILES string of the molecule is CO[C@@H]1C[C@@H](c2n[nH]c(C)n2)N(C(=O)COc2cccnc2)C1. The molecule has 2 aromatic rings. The fraction of sp³-hybridized carbons (Fsp3) is 0.467. The molecule has 1 aliphatic heterocycles. The number of carbonyl (C=O) groups excluding carboxylic acids is 1. The largest absolute Gasteiger partial charge is 0.482 e. The minimum atomic E-state index is -0.199. The third kappa shape index (κ3) is 3.48. The topological polar surface area (TPSA) is 93.2 Å². The Bertz CT molecular complexity index is 660. The van der Waals surface area contributed by atoms with Crippen molar-refractivity contribution in [2.75, 3.05) is 20.3 Å². The van der Waals surface area contributed by atoms with Gasteiger partial charge in [-0.05, 0) is 19.1 Å². The van der Waals surface area contributed by atoms with E-state index in [0.29, 0.717) is 24.5 Å². The van der Waals surface area contributed by atoms with Gasteiger partial charge in [-0.1, -0.05) is 0 Å². The molecule has 1 N–H and O–H groups in total. The van der Waals surface area contributed by atoms with Gasteiger partial charge in [0.15, 0.2) is 12.4 Å². The molecular formula is C15H19N5O3. The predicted octanol–water partition coefficient (Wildman–Crippen LogP) is 0.876. The average Bonchev–Trinajstić information content (AvgIpc) is 3.19. The molecule has 122 valence electrons. The molecule has 8 nitrogen and oxygen atoms in total. The molecule has 3 rings (SSSR count). The summed E-state index contributed by atoms with van der Waals surface area (Å²) in [5.41, 5.74) is 0. The van der Waals surface area contributed by atoms with Crippen molar-refractivity contribution in [3.05, 3.63) is 36.2 Å². The summed E-state index contributed by atoms with van der Waals surface area (Å²) < 4.78 is 10.9. The number of nitrogens with one attached hydrogen (secondary N) is 1. The molecule has 8 heteroatoms. The lowest BCUT2D eigenvalue weighted by Crippen LogP contribution is -2.36. The Kier molecular flexibility index (Phi) is 4.52. The van der Waals surface area contributed by atoms with Crippen LogP contribution in [0.3, 0.4) is 0 Å². The molecule has 0 unspecified atom stereocenters. The van der Waals surface area contributed by atoms with Crippen molar-refractivity contribution in [2.45, 2.75) is 25.5 Å². The van der Waals surface area contributed by atoms with E-state index in [-0.39, 0.29) is 24.7 Å². The number of hydrogen-bond acceptors (Lipinski definition) is 6. The Labute approximate surface area is 133 Å². The van der Waals surface area contributed by atoms with Gasteiger partial charge >= 0.3 is 0 Å². The van der Waals surface area contributed by atoms with Crippen LogP contribution in [0.4, 0.5) is 0 Å². The van der Waals surface area contributed by atoms with Crippen molar-refractivity contribution in [3.63, 3.8) is 0 Å². The maximum Gasteiger partial charge on any atom is 0.261 e. The molecule has 0 aliphatic carbocycles. The van der Waals surface area contributed by atoms with E-state index < -0.39 is 0 Å². The van der Waals surface area contributed by atoms with Crippen molar-refractivity contribution in [1.29, 1.82) is 0 Å². The van der Waals surface area contributed by atoms with E-state index in [2.05, 4.69) is 20.2 Å². The molecule has 23 heavy (non-hydrogen) atoms. The van der Waals surface area contributed by atoms with E-state index in [4.69, 9.17) is 9.47 Å². The Hall–Kier alpha value is -2.48. The van der Waals surface area contributed by atoms with Crippen LogP contribution in [-0.2, 0) is 9.53 Å². The summed E-state index contributed by atoms with van der Waals surface area (Å²) in [6.07, 6.45) is 3.87. The number of likely N-dealkylation sites (tertiary alicyclic amines) is 1. The van der Waals surface area contributed by atoms with E-state index in [1.807, 2.05) is 6.92 Å². The molecule has 1 fully saturated rings. The lowest BCUT2D eigenvalue weighted by Gasteiger charge is -2.22. The maximum absolute atomic E-state index is 12.5. The first kappa shape index (κ1) is 15.4. The van der Waals surface area contributed by atoms with Crippen LogP contribution < -0.4 is 4.74 Å². The van der Waals surface area contributed by atoms with Gasteiger partial charge in [0.25, 0.3) is 5.91 Å². The second-order valence-electron chi connectivity index (χ2n) is 5.41. The summed E-state index contributed by atoms with van der Waals surface area (Å²) >= 11 is 0. The number of hydrogen-bond donors (Lipinski definition) is 1. The number of aryl methyl sites for hydroxylation is 1. The number of aromatic nitrogens is 4. The number of aromatic amines is 1. The molecule has 0 bridgehead atoms. The maximum atomic E-state index is 12.5. The van der Waals surface area contributed by atoms with Crippen molar-refractivity contribution in [2.24, 2.45) is 0 Å². The number of carbonyl (C=O) groups is 1. The lowest BCUT2D eigenvalue weighted by molar-refractivity contribution is -0.134. The monoisotopic (exact) mass is 317 g/mol. The summed E-state index contributed by atoms with van der Waals surface area (Å²) in [4.78, 5) is 22.5. The van der Waals surface area contributed by atoms with E-state index in [1.54, 1.807) is 36.5 Å². The molecule has 0 aromatic carbocycles. The Morgan fingerprint density at radius 3 is 3.04 bits per heavy atom. The summed E-state index contributed by atoms with van der Waals surface area (Å²) in [5, 5.41) is 7.00. The molecule has 0 saturated carbocycles. The van der Waals surface area contributed by atoms with Crippen molar-refractivity contribution in [3.8, 4) is 5.75 Å². The first-order chi connectivity index (χ1) is 11.2. The van der Waals surface area contributed by atoms with E-state index in [9.17, 15) is 4.79 Å². The lowest BCUT2D eigenvalue weighted by atomic mass is 10.2. The quantitative estimate of drug-likeness (QED) is 0.880. The third-order valence-electron chi connectivity index (χ3n) is 3.83. The standard InChI is InChI=1S/C15H19N5O3/c1-10-17-15(19-18-10)13-6-12(22-2)8-20(13)14(21)9-23-11-4-3-5-16-7-11/h3-5,7,12-13H,6,8-9H2,1-2H3,(H,17,18,19)/t12-,13+/m1/s1. The molecule has 2 aromatic heterocycles. The first-order valence-corrected chi connectivity index (χ1v) is 7.41. The predicted molar refractivity (Wildman–Crippen MR) is 80.7 cm³/mol. The number of amides is 1. The number of nitrogens with zero attached hydrogens (tertiary/aromatic N) is 4. The highest BCUT2D eigenvalue weighted by atomic mass is 16.5. The second kappa shape index (κ2) is 6.74. The summed E-state index contributed by atoms with van der Waals surface area (Å²) in [5.74, 6) is 1.77. The van der Waals surface area contributed by atoms with Gasteiger partial charge in [0.1, 0.15) is 11.6 Å². The van der Waals surface area contributed by atoms with Crippen molar-refractivity contribution < 1.29 is 14.3 Å². The number of pyridine rings is 1. The summed E-state index contributed by atoms with van der Waals surface area (Å²) in [7, 11) is 1.64. The highest BCUT2D eigenvalue weighted by Gasteiger charge is 2.38. The molecule has 2 atom stereocenters. The van der Waals surface area contributed by atoms with Crippen LogP contribution in [-0.4, -0.2) is 57.3 Å². The van der Waals surface area contributed by atoms with Gasteiger partial charge in [0.2, 0.25) is 0 Å². The zero-order valence-corrected chi connectivity index (χ0v) is 13.1. The smallest absolute Gasteiger partial charge is 0.261 e. The average molecular weight is 317 g/mol. The molecule has 0 radical (unpaired) electrons. The van der Waals surface area contributed by atoms with Gasteiger partial charge in [-0.3, -0.25) is 14.9 Å². The minimum Gasteiger partial charge on any atom is -0.482 e. The third-order valence-corrected chi connectivity index (χ3v) is 3.83. The Morgan fingerprint density at radius 2 is 2.39 bits per heavy atom. The molecule has 1 aliphatic rings. The highest BCUT2D eigenvalue weighted by molar-refractivity contribution is 5.78. The van der Waals surface area contributed by atoms with Gasteiger partial charge in [0, 0.05) is 26.3 Å². The molecule has 0 spiro atoms. The fourth-order valence-electron chi connectivity index (χ4n) is 2.66. The van der Waals surface area contributed by atoms with E-state index in [0.717, 1.165) is 5.82 Å². The number of methoxy groups -OCH3 is 1. The van der Waals surface area contributed by atoms with Crippen LogP contribution in [0.2, 0.25) is 0 Å². The fourth-order valence-corrected chi connectivity index (χ4v) is 2.66. The summed E-state index contributed by atoms with van der Waals surface area (Å²) in [6, 6.07) is 3.32. The second-order valence-corrected chi connectivity index (χ2v) is 5.41. The summed E-state index contributed by atoms with van der Waals surface area (Å²) in [6.45, 7) is 2.28. The molecule has 1 amide bonds. The van der Waals surface area contributed by atoms with E-state index in [1.165, 1.54) is 0 Å². The van der Waals surface area contributed by atoms with Gasteiger partial charge in [-0.2, -0.15) is 5.10 Å². The van der Waals surface area contributed by atoms with Crippen LogP contribution in [0.5, 0.6) is 5.75 Å². The molecular weight excluding hydrogens is 298 g/mol. The van der Waals surface area contributed by atoms with Gasteiger partial charge < -0.3 is 14.4 Å².